The molecule has 0 aromatic heterocycles. The fourth-order valence-electron chi connectivity index (χ4n) is 4.54. The Balaban J connectivity index is 2.43. The normalized spacial score (nSPS) is 18.4. The van der Waals surface area contributed by atoms with Crippen LogP contribution >= 0.6 is 0 Å². The third kappa shape index (κ3) is 11.2. The minimum Gasteiger partial charge on any atom is -0.444 e. The summed E-state index contributed by atoms with van der Waals surface area (Å²) in [5, 5.41) is 1.01. The summed E-state index contributed by atoms with van der Waals surface area (Å²) in [7, 11) is 2.81. The lowest BCUT2D eigenvalue weighted by Gasteiger charge is -2.32. The van der Waals surface area contributed by atoms with Crippen molar-refractivity contribution in [1.29, 1.82) is 0 Å². The zero-order chi connectivity index (χ0) is 25.6. The van der Waals surface area contributed by atoms with E-state index in [0.717, 1.165) is 17.9 Å². The average molecular weight is 483 g/mol. The van der Waals surface area contributed by atoms with Gasteiger partial charge < -0.3 is 4.74 Å². The molecule has 2 amide bonds. The zero-order valence-corrected chi connectivity index (χ0v) is 22.7. The standard InChI is InChI=1S/C27H50N2O5/c1-7-8-9-10-11-12-13-14-15-16-17-18-19-20-22-21-23(30)24(25(31)28(5)33-6)29(22)26(32)34-27(2,3)4/h22,24H,7-21H2,1-6H3/t22-,24+/m1/s1. The van der Waals surface area contributed by atoms with E-state index >= 15 is 0 Å². The quantitative estimate of drug-likeness (QED) is 0.144. The molecule has 0 aliphatic carbocycles. The molecule has 1 aliphatic rings. The van der Waals surface area contributed by atoms with Gasteiger partial charge >= 0.3 is 6.09 Å². The number of unbranched alkanes of at least 4 members (excludes halogenated alkanes) is 12. The molecule has 0 N–H and O–H groups in total. The molecule has 0 aromatic rings. The number of hydroxylamine groups is 2. The van der Waals surface area contributed by atoms with Crippen molar-refractivity contribution < 1.29 is 24.0 Å². The van der Waals surface area contributed by atoms with Crippen molar-refractivity contribution in [2.75, 3.05) is 14.2 Å². The van der Waals surface area contributed by atoms with Gasteiger partial charge in [0.15, 0.2) is 11.8 Å². The van der Waals surface area contributed by atoms with Gasteiger partial charge in [0.2, 0.25) is 0 Å². The summed E-state index contributed by atoms with van der Waals surface area (Å²) in [6, 6.07) is -1.49. The summed E-state index contributed by atoms with van der Waals surface area (Å²) in [5.41, 5.74) is -0.705. The predicted octanol–water partition coefficient (Wildman–Crippen LogP) is 6.43. The van der Waals surface area contributed by atoms with Crippen LogP contribution in [0.5, 0.6) is 0 Å². The SMILES string of the molecule is CCCCCCCCCCCCCCC[C@@H]1CC(=O)[C@@H](C(=O)N(C)OC)N1C(=O)OC(C)(C)C. The maximum atomic E-state index is 12.9. The molecule has 0 aromatic carbocycles. The molecule has 1 aliphatic heterocycles. The summed E-state index contributed by atoms with van der Waals surface area (Å²) in [4.78, 5) is 44.7. The number of nitrogens with zero attached hydrogens (tertiary/aromatic N) is 2. The van der Waals surface area contributed by atoms with Crippen molar-refractivity contribution in [3.8, 4) is 0 Å². The molecule has 0 saturated carbocycles. The zero-order valence-electron chi connectivity index (χ0n) is 22.7. The van der Waals surface area contributed by atoms with Gasteiger partial charge in [-0.1, -0.05) is 90.4 Å². The van der Waals surface area contributed by atoms with Crippen molar-refractivity contribution in [3.05, 3.63) is 0 Å². The van der Waals surface area contributed by atoms with Crippen LogP contribution in [0.4, 0.5) is 4.79 Å². The van der Waals surface area contributed by atoms with Crippen LogP contribution in [-0.2, 0) is 19.2 Å². The molecule has 2 atom stereocenters. The molecule has 1 rings (SSSR count). The fourth-order valence-corrected chi connectivity index (χ4v) is 4.54. The fraction of sp³-hybridized carbons (Fsp3) is 0.889. The van der Waals surface area contributed by atoms with Crippen molar-refractivity contribution in [1.82, 2.24) is 9.96 Å². The van der Waals surface area contributed by atoms with Gasteiger partial charge in [0, 0.05) is 19.5 Å². The van der Waals surface area contributed by atoms with E-state index in [1.165, 1.54) is 89.7 Å². The second-order valence-electron chi connectivity index (χ2n) is 10.7. The molecule has 0 radical (unpaired) electrons. The summed E-state index contributed by atoms with van der Waals surface area (Å²) in [6.07, 6.45) is 16.8. The van der Waals surface area contributed by atoms with E-state index in [2.05, 4.69) is 6.92 Å². The van der Waals surface area contributed by atoms with Crippen LogP contribution in [0.2, 0.25) is 0 Å². The van der Waals surface area contributed by atoms with E-state index < -0.39 is 23.6 Å². The number of likely N-dealkylation sites (tertiary alicyclic amines) is 1. The molecule has 1 fully saturated rings. The van der Waals surface area contributed by atoms with Crippen LogP contribution in [0.25, 0.3) is 0 Å². The Hall–Kier alpha value is -1.63. The first-order chi connectivity index (χ1) is 16.1. The van der Waals surface area contributed by atoms with E-state index in [-0.39, 0.29) is 18.2 Å². The number of likely N-dealkylation sites (N-methyl/N-ethyl adjacent to an activating group) is 1. The van der Waals surface area contributed by atoms with Gasteiger partial charge in [0.25, 0.3) is 5.91 Å². The number of carbonyl (C=O) groups is 3. The minimum atomic E-state index is -1.17. The Morgan fingerprint density at radius 2 is 1.38 bits per heavy atom. The number of amides is 2. The van der Waals surface area contributed by atoms with Gasteiger partial charge in [0.1, 0.15) is 5.60 Å². The monoisotopic (exact) mass is 482 g/mol. The van der Waals surface area contributed by atoms with E-state index in [9.17, 15) is 14.4 Å². The summed E-state index contributed by atoms with van der Waals surface area (Å²) >= 11 is 0. The van der Waals surface area contributed by atoms with E-state index in [1.807, 2.05) is 0 Å². The van der Waals surface area contributed by atoms with E-state index in [4.69, 9.17) is 9.57 Å². The third-order valence-corrected chi connectivity index (χ3v) is 6.48. The molecule has 7 nitrogen and oxygen atoms in total. The number of ether oxygens (including phenoxy) is 1. The highest BCUT2D eigenvalue weighted by Gasteiger charge is 2.49. The van der Waals surface area contributed by atoms with Crippen molar-refractivity contribution >= 4 is 17.8 Å². The average Bonchev–Trinajstić information content (AvgIpc) is 3.10. The summed E-state index contributed by atoms with van der Waals surface area (Å²) < 4.78 is 5.54. The lowest BCUT2D eigenvalue weighted by molar-refractivity contribution is -0.174. The molecule has 1 heterocycles. The smallest absolute Gasteiger partial charge is 0.411 e. The van der Waals surface area contributed by atoms with Gasteiger partial charge in [0.05, 0.1) is 7.11 Å². The second kappa shape index (κ2) is 16.1. The first-order valence-corrected chi connectivity index (χ1v) is 13.5. The Morgan fingerprint density at radius 1 is 0.912 bits per heavy atom. The number of hydrogen-bond donors (Lipinski definition) is 0. The van der Waals surface area contributed by atoms with E-state index in [0.29, 0.717) is 6.42 Å². The van der Waals surface area contributed by atoms with Crippen LogP contribution in [0.15, 0.2) is 0 Å². The van der Waals surface area contributed by atoms with Gasteiger partial charge in [-0.25, -0.2) is 9.86 Å². The van der Waals surface area contributed by atoms with Crippen LogP contribution in [0.3, 0.4) is 0 Å². The van der Waals surface area contributed by atoms with Gasteiger partial charge in [-0.3, -0.25) is 19.3 Å². The van der Waals surface area contributed by atoms with Gasteiger partial charge in [-0.05, 0) is 27.2 Å². The Labute approximate surface area is 207 Å². The van der Waals surface area contributed by atoms with Crippen molar-refractivity contribution in [2.24, 2.45) is 0 Å². The topological polar surface area (TPSA) is 76.2 Å². The Kier molecular flexibility index (Phi) is 14.4. The predicted molar refractivity (Wildman–Crippen MR) is 135 cm³/mol. The molecular formula is C27H50N2O5. The second-order valence-corrected chi connectivity index (χ2v) is 10.7. The number of hydrogen-bond acceptors (Lipinski definition) is 5. The molecule has 7 heteroatoms. The maximum Gasteiger partial charge on any atom is 0.411 e. The number of carbonyl (C=O) groups excluding carboxylic acids is 3. The number of rotatable bonds is 16. The Bertz CT molecular complexity index is 617. The Morgan fingerprint density at radius 3 is 1.82 bits per heavy atom. The number of Topliss-reactive ketones (excluding diaryl/α,β-unsaturated/α-hetero) is 1. The first kappa shape index (κ1) is 30.4. The highest BCUT2D eigenvalue weighted by atomic mass is 16.7. The van der Waals surface area contributed by atoms with Crippen LogP contribution in [0.1, 0.15) is 124 Å². The van der Waals surface area contributed by atoms with Crippen LogP contribution in [-0.4, -0.2) is 59.6 Å². The summed E-state index contributed by atoms with van der Waals surface area (Å²) in [5.74, 6) is -0.786. The largest absolute Gasteiger partial charge is 0.444 e. The highest BCUT2D eigenvalue weighted by Crippen LogP contribution is 2.29. The molecule has 34 heavy (non-hydrogen) atoms. The van der Waals surface area contributed by atoms with Gasteiger partial charge in [-0.2, -0.15) is 0 Å². The first-order valence-electron chi connectivity index (χ1n) is 13.5. The lowest BCUT2D eigenvalue weighted by atomic mass is 10.0. The molecule has 0 spiro atoms. The highest BCUT2D eigenvalue weighted by molar-refractivity contribution is 6.09. The van der Waals surface area contributed by atoms with Crippen LogP contribution in [0, 0.1) is 0 Å². The summed E-state index contributed by atoms with van der Waals surface area (Å²) in [6.45, 7) is 7.59. The molecule has 198 valence electrons. The molecule has 1 saturated heterocycles. The molecular weight excluding hydrogens is 432 g/mol. The van der Waals surface area contributed by atoms with Crippen LogP contribution < -0.4 is 0 Å². The molecule has 0 unspecified atom stereocenters. The number of ketones is 1. The van der Waals surface area contributed by atoms with E-state index in [1.54, 1.807) is 20.8 Å². The van der Waals surface area contributed by atoms with Crippen molar-refractivity contribution in [3.63, 3.8) is 0 Å². The van der Waals surface area contributed by atoms with Gasteiger partial charge in [-0.15, -0.1) is 0 Å². The minimum absolute atomic E-state index is 0.186. The maximum absolute atomic E-state index is 12.9. The van der Waals surface area contributed by atoms with Crippen molar-refractivity contribution in [2.45, 2.75) is 142 Å². The lowest BCUT2D eigenvalue weighted by Crippen LogP contribution is -2.52. The third-order valence-electron chi connectivity index (χ3n) is 6.48. The molecule has 0 bridgehead atoms.